The maximum absolute atomic E-state index is 12.8. The molecule has 1 heterocycles. The first-order valence-electron chi connectivity index (χ1n) is 11.2. The number of phenols is 1. The number of phenolic OH excluding ortho intramolecular Hbond substituents is 1. The topological polar surface area (TPSA) is 55.8 Å². The van der Waals surface area contributed by atoms with Gasteiger partial charge in [-0.05, 0) is 62.7 Å². The molecule has 3 aromatic rings. The van der Waals surface area contributed by atoms with Crippen LogP contribution in [0.2, 0.25) is 0 Å². The van der Waals surface area contributed by atoms with Crippen molar-refractivity contribution in [2.24, 2.45) is 0 Å². The fourth-order valence-electron chi connectivity index (χ4n) is 4.07. The molecule has 0 spiro atoms. The summed E-state index contributed by atoms with van der Waals surface area (Å²) in [6, 6.07) is 21.9. The molecule has 3 aromatic carbocycles. The summed E-state index contributed by atoms with van der Waals surface area (Å²) >= 11 is 0. The molecule has 166 valence electrons. The quantitative estimate of drug-likeness (QED) is 0.594. The standard InChI is InChI=1S/C27H31N3O2/c1-19-4-8-23(9-5-19)28-27(32)21(3)22-16-25(18-26(31)17-22)30-14-12-29(13-15-30)24-10-6-20(2)7-11-24/h4-11,16-18,21,31H,12-15H2,1-3H3,(H,28,32). The molecule has 1 fully saturated rings. The molecule has 2 N–H and O–H groups in total. The minimum absolute atomic E-state index is 0.0883. The van der Waals surface area contributed by atoms with Crippen molar-refractivity contribution in [2.45, 2.75) is 26.7 Å². The number of carbonyl (C=O) groups is 1. The molecule has 0 saturated carbocycles. The van der Waals surface area contributed by atoms with Crippen LogP contribution in [0.15, 0.2) is 66.7 Å². The summed E-state index contributed by atoms with van der Waals surface area (Å²) in [6.07, 6.45) is 0. The predicted molar refractivity (Wildman–Crippen MR) is 132 cm³/mol. The van der Waals surface area contributed by atoms with Gasteiger partial charge in [0.25, 0.3) is 0 Å². The molecule has 0 radical (unpaired) electrons. The van der Waals surface area contributed by atoms with Crippen LogP contribution in [0.3, 0.4) is 0 Å². The van der Waals surface area contributed by atoms with E-state index in [0.717, 1.165) is 48.7 Å². The maximum Gasteiger partial charge on any atom is 0.231 e. The van der Waals surface area contributed by atoms with Gasteiger partial charge < -0.3 is 20.2 Å². The fourth-order valence-corrected chi connectivity index (χ4v) is 4.07. The highest BCUT2D eigenvalue weighted by Crippen LogP contribution is 2.30. The second-order valence-electron chi connectivity index (χ2n) is 8.67. The second kappa shape index (κ2) is 9.35. The summed E-state index contributed by atoms with van der Waals surface area (Å²) in [6.45, 7) is 9.54. The van der Waals surface area contributed by atoms with Crippen LogP contribution in [-0.4, -0.2) is 37.2 Å². The molecule has 1 amide bonds. The summed E-state index contributed by atoms with van der Waals surface area (Å²) in [7, 11) is 0. The van der Waals surface area contributed by atoms with Crippen molar-refractivity contribution in [3.05, 3.63) is 83.4 Å². The van der Waals surface area contributed by atoms with Crippen molar-refractivity contribution < 1.29 is 9.90 Å². The van der Waals surface area contributed by atoms with Gasteiger partial charge in [0.1, 0.15) is 5.75 Å². The van der Waals surface area contributed by atoms with Gasteiger partial charge in [-0.25, -0.2) is 0 Å². The molecule has 5 heteroatoms. The van der Waals surface area contributed by atoms with Gasteiger partial charge in [0.2, 0.25) is 5.91 Å². The molecule has 5 nitrogen and oxygen atoms in total. The number of amides is 1. The number of aryl methyl sites for hydroxylation is 2. The minimum Gasteiger partial charge on any atom is -0.508 e. The Morgan fingerprint density at radius 3 is 1.94 bits per heavy atom. The van der Waals surface area contributed by atoms with Gasteiger partial charge in [-0.2, -0.15) is 0 Å². The van der Waals surface area contributed by atoms with E-state index in [1.54, 1.807) is 12.1 Å². The third-order valence-corrected chi connectivity index (χ3v) is 6.18. The number of benzene rings is 3. The van der Waals surface area contributed by atoms with Gasteiger partial charge in [0.05, 0.1) is 5.92 Å². The van der Waals surface area contributed by atoms with Gasteiger partial charge in [0.15, 0.2) is 0 Å². The van der Waals surface area contributed by atoms with Crippen LogP contribution in [0, 0.1) is 13.8 Å². The van der Waals surface area contributed by atoms with Crippen LogP contribution < -0.4 is 15.1 Å². The molecule has 1 aliphatic rings. The average molecular weight is 430 g/mol. The summed E-state index contributed by atoms with van der Waals surface area (Å²) in [5, 5.41) is 13.3. The molecule has 0 aliphatic carbocycles. The van der Waals surface area contributed by atoms with Gasteiger partial charge in [-0.1, -0.05) is 35.4 Å². The summed E-state index contributed by atoms with van der Waals surface area (Å²) in [5.41, 5.74) is 6.20. The van der Waals surface area contributed by atoms with Crippen molar-refractivity contribution in [2.75, 3.05) is 41.3 Å². The number of nitrogens with zero attached hydrogens (tertiary/aromatic N) is 2. The van der Waals surface area contributed by atoms with E-state index in [1.165, 1.54) is 11.3 Å². The largest absolute Gasteiger partial charge is 0.508 e. The number of rotatable bonds is 5. The van der Waals surface area contributed by atoms with Crippen LogP contribution >= 0.6 is 0 Å². The van der Waals surface area contributed by atoms with Gasteiger partial charge in [0, 0.05) is 49.3 Å². The fraction of sp³-hybridized carbons (Fsp3) is 0.296. The number of nitrogens with one attached hydrogen (secondary N) is 1. The van der Waals surface area contributed by atoms with E-state index in [9.17, 15) is 9.90 Å². The van der Waals surface area contributed by atoms with Gasteiger partial charge in [-0.3, -0.25) is 4.79 Å². The zero-order valence-electron chi connectivity index (χ0n) is 19.0. The summed E-state index contributed by atoms with van der Waals surface area (Å²) in [5.74, 6) is -0.279. The monoisotopic (exact) mass is 429 g/mol. The lowest BCUT2D eigenvalue weighted by Crippen LogP contribution is -2.46. The van der Waals surface area contributed by atoms with Crippen molar-refractivity contribution in [1.82, 2.24) is 0 Å². The molecule has 1 atom stereocenters. The van der Waals surface area contributed by atoms with E-state index in [4.69, 9.17) is 0 Å². The molecule has 1 unspecified atom stereocenters. The lowest BCUT2D eigenvalue weighted by molar-refractivity contribution is -0.117. The highest BCUT2D eigenvalue weighted by Gasteiger charge is 2.21. The summed E-state index contributed by atoms with van der Waals surface area (Å²) in [4.78, 5) is 17.5. The lowest BCUT2D eigenvalue weighted by atomic mass is 9.98. The van der Waals surface area contributed by atoms with Crippen LogP contribution in [0.4, 0.5) is 17.1 Å². The van der Waals surface area contributed by atoms with Crippen LogP contribution in [0.25, 0.3) is 0 Å². The highest BCUT2D eigenvalue weighted by molar-refractivity contribution is 5.95. The van der Waals surface area contributed by atoms with E-state index < -0.39 is 0 Å². The van der Waals surface area contributed by atoms with E-state index in [0.29, 0.717) is 0 Å². The second-order valence-corrected chi connectivity index (χ2v) is 8.67. The Hall–Kier alpha value is -3.47. The van der Waals surface area contributed by atoms with E-state index in [-0.39, 0.29) is 17.6 Å². The molecule has 1 aliphatic heterocycles. The first-order valence-corrected chi connectivity index (χ1v) is 11.2. The molecule has 0 aromatic heterocycles. The average Bonchev–Trinajstić information content (AvgIpc) is 2.80. The molecular weight excluding hydrogens is 398 g/mol. The van der Waals surface area contributed by atoms with Crippen molar-refractivity contribution >= 4 is 23.0 Å². The Morgan fingerprint density at radius 2 is 1.34 bits per heavy atom. The maximum atomic E-state index is 12.8. The van der Waals surface area contributed by atoms with Crippen LogP contribution in [-0.2, 0) is 4.79 Å². The van der Waals surface area contributed by atoms with Crippen molar-refractivity contribution in [3.63, 3.8) is 0 Å². The smallest absolute Gasteiger partial charge is 0.231 e. The number of anilines is 3. The van der Waals surface area contributed by atoms with E-state index >= 15 is 0 Å². The predicted octanol–water partition coefficient (Wildman–Crippen LogP) is 5.08. The van der Waals surface area contributed by atoms with Gasteiger partial charge >= 0.3 is 0 Å². The molecule has 32 heavy (non-hydrogen) atoms. The number of aromatic hydroxyl groups is 1. The Kier molecular flexibility index (Phi) is 6.35. The third-order valence-electron chi connectivity index (χ3n) is 6.18. The molecule has 4 rings (SSSR count). The van der Waals surface area contributed by atoms with E-state index in [1.807, 2.05) is 44.2 Å². The Balaban J connectivity index is 1.43. The molecular formula is C27H31N3O2. The number of carbonyl (C=O) groups excluding carboxylic acids is 1. The third kappa shape index (κ3) is 5.05. The Bertz CT molecular complexity index is 1070. The lowest BCUT2D eigenvalue weighted by Gasteiger charge is -2.37. The summed E-state index contributed by atoms with van der Waals surface area (Å²) < 4.78 is 0. The first-order chi connectivity index (χ1) is 15.4. The first kappa shape index (κ1) is 21.8. The Morgan fingerprint density at radius 1 is 0.812 bits per heavy atom. The SMILES string of the molecule is Cc1ccc(NC(=O)C(C)c2cc(O)cc(N3CCN(c4ccc(C)cc4)CC3)c2)cc1. The minimum atomic E-state index is -0.379. The highest BCUT2D eigenvalue weighted by atomic mass is 16.3. The zero-order chi connectivity index (χ0) is 22.7. The van der Waals surface area contributed by atoms with Crippen molar-refractivity contribution in [1.29, 1.82) is 0 Å². The van der Waals surface area contributed by atoms with Crippen LogP contribution in [0.1, 0.15) is 29.5 Å². The number of hydrogen-bond donors (Lipinski definition) is 2. The zero-order valence-corrected chi connectivity index (χ0v) is 19.0. The normalized spacial score (nSPS) is 14.8. The van der Waals surface area contributed by atoms with E-state index in [2.05, 4.69) is 46.3 Å². The van der Waals surface area contributed by atoms with Crippen LogP contribution in [0.5, 0.6) is 5.75 Å². The molecule has 0 bridgehead atoms. The number of hydrogen-bond acceptors (Lipinski definition) is 4. The van der Waals surface area contributed by atoms with Crippen molar-refractivity contribution in [3.8, 4) is 5.75 Å². The number of piperazine rings is 1. The molecule has 1 saturated heterocycles. The Labute approximate surface area is 190 Å². The van der Waals surface area contributed by atoms with Gasteiger partial charge in [-0.15, -0.1) is 0 Å².